The number of piperazine rings is 1. The Bertz CT molecular complexity index is 509. The molecule has 1 aliphatic heterocycles. The van der Waals surface area contributed by atoms with Crippen molar-refractivity contribution in [3.63, 3.8) is 0 Å². The summed E-state index contributed by atoms with van der Waals surface area (Å²) in [5.74, 6) is 0.789. The Kier molecular flexibility index (Phi) is 6.72. The van der Waals surface area contributed by atoms with E-state index in [-0.39, 0.29) is 12.5 Å². The van der Waals surface area contributed by atoms with Crippen LogP contribution in [0.4, 0.5) is 5.69 Å². The van der Waals surface area contributed by atoms with E-state index in [4.69, 9.17) is 0 Å². The minimum absolute atomic E-state index is 0.0363. The minimum atomic E-state index is -0.0363. The van der Waals surface area contributed by atoms with Crippen LogP contribution >= 0.6 is 0 Å². The average Bonchev–Trinajstić information content (AvgIpc) is 2.60. The van der Waals surface area contributed by atoms with E-state index in [0.717, 1.165) is 38.7 Å². The summed E-state index contributed by atoms with van der Waals surface area (Å²) < 4.78 is 0. The number of nitrogens with zero attached hydrogens (tertiary/aromatic N) is 3. The summed E-state index contributed by atoms with van der Waals surface area (Å²) >= 11 is 0. The number of aliphatic imine (C=N–C) groups is 1. The van der Waals surface area contributed by atoms with E-state index in [0.29, 0.717) is 6.54 Å². The molecule has 0 aromatic heterocycles. The molecule has 0 spiro atoms. The van der Waals surface area contributed by atoms with Crippen molar-refractivity contribution >= 4 is 17.6 Å². The lowest BCUT2D eigenvalue weighted by Gasteiger charge is -2.37. The molecular weight excluding hydrogens is 290 g/mol. The van der Waals surface area contributed by atoms with Crippen molar-refractivity contribution in [2.24, 2.45) is 4.99 Å². The van der Waals surface area contributed by atoms with Crippen molar-refractivity contribution < 1.29 is 4.79 Å². The third-order valence-corrected chi connectivity index (χ3v) is 3.78. The summed E-state index contributed by atoms with van der Waals surface area (Å²) in [6.45, 7) is 9.28. The number of rotatable bonds is 5. The predicted octanol–water partition coefficient (Wildman–Crippen LogP) is 0.910. The topological polar surface area (TPSA) is 60.0 Å². The average molecular weight is 317 g/mol. The maximum absolute atomic E-state index is 11.6. The number of anilines is 1. The van der Waals surface area contributed by atoms with Gasteiger partial charge in [-0.15, -0.1) is 0 Å². The molecule has 1 aromatic carbocycles. The number of nitrogens with one attached hydrogen (secondary N) is 2. The van der Waals surface area contributed by atoms with Crippen LogP contribution in [0.1, 0.15) is 13.8 Å². The number of hydrogen-bond acceptors (Lipinski definition) is 3. The van der Waals surface area contributed by atoms with Crippen molar-refractivity contribution in [3.8, 4) is 0 Å². The second kappa shape index (κ2) is 9.02. The number of hydrogen-bond donors (Lipinski definition) is 2. The zero-order valence-corrected chi connectivity index (χ0v) is 14.1. The molecule has 6 nitrogen and oxygen atoms in total. The number of likely N-dealkylation sites (N-methyl/N-ethyl adjacent to an activating group) is 1. The molecule has 0 bridgehead atoms. The fourth-order valence-corrected chi connectivity index (χ4v) is 2.64. The third-order valence-electron chi connectivity index (χ3n) is 3.78. The van der Waals surface area contributed by atoms with Gasteiger partial charge in [0.25, 0.3) is 0 Å². The Morgan fingerprint density at radius 2 is 1.70 bits per heavy atom. The van der Waals surface area contributed by atoms with E-state index in [1.807, 2.05) is 19.9 Å². The number of amides is 1. The Balaban J connectivity index is 1.92. The standard InChI is InChI=1S/C17H27N5O/c1-3-18-16(23)14-20-17(19-4-2)22-12-10-21(11-13-22)15-8-6-5-7-9-15/h5-9H,3-4,10-14H2,1-2H3,(H,18,23)(H,19,20). The molecule has 0 unspecified atom stereocenters. The highest BCUT2D eigenvalue weighted by molar-refractivity contribution is 5.85. The maximum atomic E-state index is 11.6. The maximum Gasteiger partial charge on any atom is 0.241 e. The lowest BCUT2D eigenvalue weighted by molar-refractivity contribution is -0.119. The largest absolute Gasteiger partial charge is 0.368 e. The van der Waals surface area contributed by atoms with Crippen LogP contribution in [0.5, 0.6) is 0 Å². The van der Waals surface area contributed by atoms with E-state index in [1.54, 1.807) is 0 Å². The van der Waals surface area contributed by atoms with E-state index in [1.165, 1.54) is 5.69 Å². The summed E-state index contributed by atoms with van der Waals surface area (Å²) in [6, 6.07) is 10.5. The normalized spacial score (nSPS) is 15.5. The van der Waals surface area contributed by atoms with Crippen LogP contribution in [0.3, 0.4) is 0 Å². The van der Waals surface area contributed by atoms with Crippen molar-refractivity contribution in [2.75, 3.05) is 50.7 Å². The zero-order chi connectivity index (χ0) is 16.5. The van der Waals surface area contributed by atoms with Crippen molar-refractivity contribution in [3.05, 3.63) is 30.3 Å². The van der Waals surface area contributed by atoms with Gasteiger partial charge in [-0.05, 0) is 26.0 Å². The van der Waals surface area contributed by atoms with Gasteiger partial charge in [0.05, 0.1) is 0 Å². The van der Waals surface area contributed by atoms with E-state index in [2.05, 4.69) is 49.7 Å². The molecule has 1 aromatic rings. The van der Waals surface area contributed by atoms with Gasteiger partial charge in [0, 0.05) is 45.0 Å². The second-order valence-corrected chi connectivity index (χ2v) is 5.43. The van der Waals surface area contributed by atoms with Crippen molar-refractivity contribution in [2.45, 2.75) is 13.8 Å². The van der Waals surface area contributed by atoms with Crippen LogP contribution in [0.2, 0.25) is 0 Å². The van der Waals surface area contributed by atoms with E-state index >= 15 is 0 Å². The Labute approximate surface area is 138 Å². The van der Waals surface area contributed by atoms with E-state index < -0.39 is 0 Å². The number of carbonyl (C=O) groups excluding carboxylic acids is 1. The number of benzene rings is 1. The molecule has 2 N–H and O–H groups in total. The highest BCUT2D eigenvalue weighted by Crippen LogP contribution is 2.15. The zero-order valence-electron chi connectivity index (χ0n) is 14.1. The SMILES string of the molecule is CCNC(=O)CN=C(NCC)N1CCN(c2ccccc2)CC1. The summed E-state index contributed by atoms with van der Waals surface area (Å²) in [7, 11) is 0. The molecule has 0 atom stereocenters. The van der Waals surface area contributed by atoms with Gasteiger partial charge in [-0.3, -0.25) is 4.79 Å². The molecule has 0 aliphatic carbocycles. The fraction of sp³-hybridized carbons (Fsp3) is 0.529. The molecule has 2 rings (SSSR count). The molecule has 1 amide bonds. The van der Waals surface area contributed by atoms with Gasteiger partial charge in [-0.1, -0.05) is 18.2 Å². The lowest BCUT2D eigenvalue weighted by atomic mass is 10.2. The number of carbonyl (C=O) groups is 1. The molecule has 1 aliphatic rings. The summed E-state index contributed by atoms with van der Waals surface area (Å²) in [6.07, 6.45) is 0. The molecular formula is C17H27N5O. The molecule has 126 valence electrons. The summed E-state index contributed by atoms with van der Waals surface area (Å²) in [5.41, 5.74) is 1.26. The highest BCUT2D eigenvalue weighted by atomic mass is 16.1. The first kappa shape index (κ1) is 17.1. The van der Waals surface area contributed by atoms with Crippen LogP contribution in [0, 0.1) is 0 Å². The summed E-state index contributed by atoms with van der Waals surface area (Å²) in [5, 5.41) is 6.06. The van der Waals surface area contributed by atoms with Crippen LogP contribution in [-0.4, -0.2) is 62.6 Å². The van der Waals surface area contributed by atoms with Gasteiger partial charge in [0.15, 0.2) is 5.96 Å². The first-order valence-electron chi connectivity index (χ1n) is 8.34. The van der Waals surface area contributed by atoms with Gasteiger partial charge in [0.1, 0.15) is 6.54 Å². The van der Waals surface area contributed by atoms with Crippen molar-refractivity contribution in [1.82, 2.24) is 15.5 Å². The first-order valence-corrected chi connectivity index (χ1v) is 8.34. The van der Waals surface area contributed by atoms with Crippen LogP contribution in [-0.2, 0) is 4.79 Å². The fourth-order valence-electron chi connectivity index (χ4n) is 2.64. The quantitative estimate of drug-likeness (QED) is 0.626. The molecule has 1 heterocycles. The molecule has 23 heavy (non-hydrogen) atoms. The molecule has 6 heteroatoms. The van der Waals surface area contributed by atoms with Gasteiger partial charge in [-0.25, -0.2) is 4.99 Å². The lowest BCUT2D eigenvalue weighted by Crippen LogP contribution is -2.52. The van der Waals surface area contributed by atoms with Gasteiger partial charge < -0.3 is 20.4 Å². The van der Waals surface area contributed by atoms with Gasteiger partial charge >= 0.3 is 0 Å². The molecule has 0 saturated carbocycles. The molecule has 0 radical (unpaired) electrons. The third kappa shape index (κ3) is 5.16. The monoisotopic (exact) mass is 317 g/mol. The van der Waals surface area contributed by atoms with Crippen molar-refractivity contribution in [1.29, 1.82) is 0 Å². The first-order chi connectivity index (χ1) is 11.2. The number of guanidine groups is 1. The predicted molar refractivity (Wildman–Crippen MR) is 94.9 cm³/mol. The highest BCUT2D eigenvalue weighted by Gasteiger charge is 2.19. The smallest absolute Gasteiger partial charge is 0.241 e. The van der Waals surface area contributed by atoms with Crippen LogP contribution < -0.4 is 15.5 Å². The Morgan fingerprint density at radius 1 is 1.04 bits per heavy atom. The van der Waals surface area contributed by atoms with Gasteiger partial charge in [-0.2, -0.15) is 0 Å². The minimum Gasteiger partial charge on any atom is -0.368 e. The number of para-hydroxylation sites is 1. The summed E-state index contributed by atoms with van der Waals surface area (Å²) in [4.78, 5) is 20.7. The van der Waals surface area contributed by atoms with E-state index in [9.17, 15) is 4.79 Å². The van der Waals surface area contributed by atoms with Crippen LogP contribution in [0.15, 0.2) is 35.3 Å². The Morgan fingerprint density at radius 3 is 2.30 bits per heavy atom. The van der Waals surface area contributed by atoms with Crippen LogP contribution in [0.25, 0.3) is 0 Å². The molecule has 1 fully saturated rings. The van der Waals surface area contributed by atoms with Gasteiger partial charge in [0.2, 0.25) is 5.91 Å². The molecule has 1 saturated heterocycles. The Hall–Kier alpha value is -2.24. The second-order valence-electron chi connectivity index (χ2n) is 5.43.